The van der Waals surface area contributed by atoms with Crippen molar-refractivity contribution in [1.82, 2.24) is 4.98 Å². The molecule has 0 saturated heterocycles. The van der Waals surface area contributed by atoms with E-state index in [0.29, 0.717) is 12.2 Å². The molecule has 0 aliphatic carbocycles. The van der Waals surface area contributed by atoms with Gasteiger partial charge in [-0.2, -0.15) is 0 Å². The predicted molar refractivity (Wildman–Crippen MR) is 67.6 cm³/mol. The smallest absolute Gasteiger partial charge is 0.159 e. The first-order chi connectivity index (χ1) is 8.16. The Labute approximate surface area is 104 Å². The predicted octanol–water partition coefficient (Wildman–Crippen LogP) is 3.23. The van der Waals surface area contributed by atoms with E-state index < -0.39 is 0 Å². The van der Waals surface area contributed by atoms with Crippen LogP contribution >= 0.6 is 11.3 Å². The maximum Gasteiger partial charge on any atom is 0.159 e. The Morgan fingerprint density at radius 2 is 2.29 bits per heavy atom. The fraction of sp³-hybridized carbons (Fsp3) is 0.231. The normalized spacial score (nSPS) is 10.2. The van der Waals surface area contributed by atoms with E-state index in [0.717, 1.165) is 16.2 Å². The van der Waals surface area contributed by atoms with Crippen LogP contribution in [-0.2, 0) is 6.61 Å². The molecule has 1 heterocycles. The average Bonchev–Trinajstić information content (AvgIpc) is 2.80. The van der Waals surface area contributed by atoms with Crippen LogP contribution in [0.15, 0.2) is 29.9 Å². The van der Waals surface area contributed by atoms with Gasteiger partial charge in [0.1, 0.15) is 12.4 Å². The van der Waals surface area contributed by atoms with Crippen molar-refractivity contribution in [1.29, 1.82) is 0 Å². The molecule has 0 bridgehead atoms. The molecule has 0 atom stereocenters. The van der Waals surface area contributed by atoms with Crippen molar-refractivity contribution in [2.45, 2.75) is 20.5 Å². The largest absolute Gasteiger partial charge is 0.488 e. The van der Waals surface area contributed by atoms with E-state index in [1.807, 2.05) is 19.1 Å². The Balaban J connectivity index is 2.09. The van der Waals surface area contributed by atoms with Crippen molar-refractivity contribution in [2.24, 2.45) is 0 Å². The Hall–Kier alpha value is -1.68. The molecular weight excluding hydrogens is 234 g/mol. The quantitative estimate of drug-likeness (QED) is 0.779. The summed E-state index contributed by atoms with van der Waals surface area (Å²) < 4.78 is 5.68. The van der Waals surface area contributed by atoms with Gasteiger partial charge in [0.2, 0.25) is 0 Å². The molecule has 2 rings (SSSR count). The number of benzene rings is 1. The van der Waals surface area contributed by atoms with Crippen LogP contribution < -0.4 is 4.74 Å². The second kappa shape index (κ2) is 5.10. The van der Waals surface area contributed by atoms with Gasteiger partial charge in [-0.15, -0.1) is 11.3 Å². The fourth-order valence-electron chi connectivity index (χ4n) is 1.49. The standard InChI is InChI=1S/C13H13NO2S/c1-9-5-11(10(2)15)3-4-13(9)16-7-12-6-14-8-17-12/h3-6,8H,7H2,1-2H3. The summed E-state index contributed by atoms with van der Waals surface area (Å²) in [5, 5.41) is 0. The summed E-state index contributed by atoms with van der Waals surface area (Å²) in [7, 11) is 0. The van der Waals surface area contributed by atoms with E-state index in [1.165, 1.54) is 0 Å². The molecule has 2 aromatic rings. The van der Waals surface area contributed by atoms with Gasteiger partial charge < -0.3 is 4.74 Å². The number of carbonyl (C=O) groups is 1. The van der Waals surface area contributed by atoms with Crippen LogP contribution in [0, 0.1) is 6.92 Å². The van der Waals surface area contributed by atoms with Crippen LogP contribution in [0.1, 0.15) is 27.7 Å². The molecule has 0 spiro atoms. The van der Waals surface area contributed by atoms with Crippen LogP contribution in [0.3, 0.4) is 0 Å². The zero-order valence-electron chi connectivity index (χ0n) is 9.77. The molecule has 0 N–H and O–H groups in total. The minimum absolute atomic E-state index is 0.0714. The number of hydrogen-bond acceptors (Lipinski definition) is 4. The van der Waals surface area contributed by atoms with Crippen LogP contribution in [0.25, 0.3) is 0 Å². The number of nitrogens with zero attached hydrogens (tertiary/aromatic N) is 1. The van der Waals surface area contributed by atoms with Crippen LogP contribution in [0.5, 0.6) is 5.75 Å². The van der Waals surface area contributed by atoms with Crippen LogP contribution in [-0.4, -0.2) is 10.8 Å². The lowest BCUT2D eigenvalue weighted by molar-refractivity contribution is 0.101. The van der Waals surface area contributed by atoms with Gasteiger partial charge >= 0.3 is 0 Å². The Kier molecular flexibility index (Phi) is 3.54. The maximum absolute atomic E-state index is 11.2. The Bertz CT molecular complexity index is 520. The lowest BCUT2D eigenvalue weighted by atomic mass is 10.1. The fourth-order valence-corrected chi connectivity index (χ4v) is 2.00. The number of aromatic nitrogens is 1. The molecule has 0 aliphatic heterocycles. The van der Waals surface area contributed by atoms with E-state index in [9.17, 15) is 4.79 Å². The number of hydrogen-bond donors (Lipinski definition) is 0. The summed E-state index contributed by atoms with van der Waals surface area (Å²) in [5.41, 5.74) is 3.47. The van der Waals surface area contributed by atoms with Gasteiger partial charge in [-0.3, -0.25) is 9.78 Å². The molecule has 1 aromatic carbocycles. The average molecular weight is 247 g/mol. The molecule has 4 heteroatoms. The first-order valence-corrected chi connectivity index (χ1v) is 6.16. The van der Waals surface area contributed by atoms with Crippen molar-refractivity contribution in [3.63, 3.8) is 0 Å². The molecule has 0 amide bonds. The third-order valence-electron chi connectivity index (χ3n) is 2.43. The van der Waals surface area contributed by atoms with Gasteiger partial charge in [0, 0.05) is 11.8 Å². The van der Waals surface area contributed by atoms with Gasteiger partial charge in [0.15, 0.2) is 5.78 Å². The lowest BCUT2D eigenvalue weighted by Crippen LogP contribution is -1.98. The third kappa shape index (κ3) is 2.91. The number of ether oxygens (including phenoxy) is 1. The second-order valence-electron chi connectivity index (χ2n) is 3.79. The van der Waals surface area contributed by atoms with E-state index in [-0.39, 0.29) is 5.78 Å². The molecule has 1 aromatic heterocycles. The maximum atomic E-state index is 11.2. The third-order valence-corrected chi connectivity index (χ3v) is 3.19. The molecule has 88 valence electrons. The number of rotatable bonds is 4. The number of aryl methyl sites for hydroxylation is 1. The Morgan fingerprint density at radius 1 is 1.47 bits per heavy atom. The van der Waals surface area contributed by atoms with Crippen molar-refractivity contribution < 1.29 is 9.53 Å². The van der Waals surface area contributed by atoms with Crippen molar-refractivity contribution in [2.75, 3.05) is 0 Å². The van der Waals surface area contributed by atoms with Crippen molar-refractivity contribution >= 4 is 17.1 Å². The lowest BCUT2D eigenvalue weighted by Gasteiger charge is -2.08. The summed E-state index contributed by atoms with van der Waals surface area (Å²) in [6, 6.07) is 5.48. The van der Waals surface area contributed by atoms with Crippen molar-refractivity contribution in [3.05, 3.63) is 45.9 Å². The molecule has 0 saturated carbocycles. The van der Waals surface area contributed by atoms with E-state index >= 15 is 0 Å². The van der Waals surface area contributed by atoms with Gasteiger partial charge in [-0.25, -0.2) is 0 Å². The van der Waals surface area contributed by atoms with Gasteiger partial charge in [0.25, 0.3) is 0 Å². The first-order valence-electron chi connectivity index (χ1n) is 5.28. The molecule has 0 radical (unpaired) electrons. The minimum Gasteiger partial charge on any atom is -0.488 e. The highest BCUT2D eigenvalue weighted by atomic mass is 32.1. The first kappa shape index (κ1) is 11.8. The summed E-state index contributed by atoms with van der Waals surface area (Å²) in [5.74, 6) is 0.880. The molecular formula is C13H13NO2S. The number of Topliss-reactive ketones (excluding diaryl/α,β-unsaturated/α-hetero) is 1. The van der Waals surface area contributed by atoms with E-state index in [1.54, 1.807) is 36.0 Å². The zero-order chi connectivity index (χ0) is 12.3. The van der Waals surface area contributed by atoms with E-state index in [4.69, 9.17) is 4.74 Å². The highest BCUT2D eigenvalue weighted by Gasteiger charge is 2.05. The van der Waals surface area contributed by atoms with Gasteiger partial charge in [-0.05, 0) is 37.6 Å². The SMILES string of the molecule is CC(=O)c1ccc(OCc2cncs2)c(C)c1. The molecule has 0 fully saturated rings. The molecule has 0 aliphatic rings. The topological polar surface area (TPSA) is 39.2 Å². The molecule has 3 nitrogen and oxygen atoms in total. The highest BCUT2D eigenvalue weighted by molar-refractivity contribution is 7.09. The summed E-state index contributed by atoms with van der Waals surface area (Å²) in [6.45, 7) is 4.02. The summed E-state index contributed by atoms with van der Waals surface area (Å²) in [6.07, 6.45) is 1.80. The zero-order valence-corrected chi connectivity index (χ0v) is 10.6. The van der Waals surface area contributed by atoms with Gasteiger partial charge in [-0.1, -0.05) is 0 Å². The van der Waals surface area contributed by atoms with E-state index in [2.05, 4.69) is 4.98 Å². The number of ketones is 1. The van der Waals surface area contributed by atoms with Crippen LogP contribution in [0.4, 0.5) is 0 Å². The number of carbonyl (C=O) groups excluding carboxylic acids is 1. The molecule has 17 heavy (non-hydrogen) atoms. The minimum atomic E-state index is 0.0714. The van der Waals surface area contributed by atoms with Gasteiger partial charge in [0.05, 0.1) is 10.4 Å². The molecule has 0 unspecified atom stereocenters. The highest BCUT2D eigenvalue weighted by Crippen LogP contribution is 2.21. The monoisotopic (exact) mass is 247 g/mol. The van der Waals surface area contributed by atoms with Crippen LogP contribution in [0.2, 0.25) is 0 Å². The summed E-state index contributed by atoms with van der Waals surface area (Å²) in [4.78, 5) is 16.3. The summed E-state index contributed by atoms with van der Waals surface area (Å²) >= 11 is 1.57. The van der Waals surface area contributed by atoms with Crippen molar-refractivity contribution in [3.8, 4) is 5.75 Å². The number of thiazole rings is 1. The second-order valence-corrected chi connectivity index (χ2v) is 4.76. The Morgan fingerprint density at radius 3 is 2.88 bits per heavy atom.